The van der Waals surface area contributed by atoms with Gasteiger partial charge in [0, 0.05) is 24.9 Å². The molecule has 0 fully saturated rings. The molecule has 6 heteroatoms. The maximum absolute atomic E-state index is 11.7. The highest BCUT2D eigenvalue weighted by atomic mass is 16.1. The second kappa shape index (κ2) is 4.83. The summed E-state index contributed by atoms with van der Waals surface area (Å²) in [6.45, 7) is 4.81. The summed E-state index contributed by atoms with van der Waals surface area (Å²) in [6.07, 6.45) is 1.78. The van der Waals surface area contributed by atoms with Crippen molar-refractivity contribution in [1.82, 2.24) is 20.1 Å². The lowest BCUT2D eigenvalue weighted by molar-refractivity contribution is -0.125. The van der Waals surface area contributed by atoms with Crippen LogP contribution in [0.25, 0.3) is 0 Å². The van der Waals surface area contributed by atoms with Gasteiger partial charge in [0.25, 0.3) is 0 Å². The van der Waals surface area contributed by atoms with E-state index in [-0.39, 0.29) is 17.9 Å². The number of hydrogen-bond donors (Lipinski definition) is 2. The minimum Gasteiger partial charge on any atom is -0.351 e. The summed E-state index contributed by atoms with van der Waals surface area (Å²) >= 11 is 0. The Kier molecular flexibility index (Phi) is 3.42. The summed E-state index contributed by atoms with van der Waals surface area (Å²) in [5.41, 5.74) is 5.47. The van der Waals surface area contributed by atoms with Gasteiger partial charge in [-0.25, -0.2) is 9.67 Å². The van der Waals surface area contributed by atoms with E-state index in [1.54, 1.807) is 0 Å². The SMILES string of the molecule is Cc1nc2n(n1)CC(NC(=O)C(C)CN)CC2. The highest BCUT2D eigenvalue weighted by Crippen LogP contribution is 2.13. The maximum atomic E-state index is 11.7. The number of nitrogens with zero attached hydrogens (tertiary/aromatic N) is 3. The fourth-order valence-corrected chi connectivity index (χ4v) is 2.00. The molecule has 0 bridgehead atoms. The van der Waals surface area contributed by atoms with Gasteiger partial charge in [0.05, 0.1) is 6.54 Å². The molecule has 2 heterocycles. The summed E-state index contributed by atoms with van der Waals surface area (Å²) in [5, 5.41) is 7.32. The van der Waals surface area contributed by atoms with Crippen LogP contribution >= 0.6 is 0 Å². The summed E-state index contributed by atoms with van der Waals surface area (Å²) in [5.74, 6) is 1.70. The van der Waals surface area contributed by atoms with Gasteiger partial charge in [0.15, 0.2) is 0 Å². The monoisotopic (exact) mass is 237 g/mol. The molecule has 6 nitrogen and oxygen atoms in total. The normalized spacial score (nSPS) is 20.8. The molecule has 0 saturated heterocycles. The number of nitrogens with one attached hydrogen (secondary N) is 1. The molecule has 0 aliphatic carbocycles. The number of amides is 1. The number of aromatic nitrogens is 3. The van der Waals surface area contributed by atoms with Gasteiger partial charge < -0.3 is 11.1 Å². The van der Waals surface area contributed by atoms with Gasteiger partial charge in [0.2, 0.25) is 5.91 Å². The average Bonchev–Trinajstić information content (AvgIpc) is 2.67. The van der Waals surface area contributed by atoms with Crippen LogP contribution < -0.4 is 11.1 Å². The Hall–Kier alpha value is -1.43. The molecule has 1 aliphatic rings. The number of carbonyl (C=O) groups is 1. The van der Waals surface area contributed by atoms with E-state index >= 15 is 0 Å². The number of aryl methyl sites for hydroxylation is 2. The second-order valence-electron chi connectivity index (χ2n) is 4.64. The molecule has 2 rings (SSSR count). The van der Waals surface area contributed by atoms with Gasteiger partial charge >= 0.3 is 0 Å². The third-order valence-corrected chi connectivity index (χ3v) is 3.11. The molecule has 1 amide bonds. The molecule has 1 aromatic heterocycles. The number of carbonyl (C=O) groups excluding carboxylic acids is 1. The van der Waals surface area contributed by atoms with Crippen LogP contribution in [0.2, 0.25) is 0 Å². The number of fused-ring (bicyclic) bond motifs is 1. The zero-order valence-corrected chi connectivity index (χ0v) is 10.3. The first-order chi connectivity index (χ1) is 8.10. The number of hydrogen-bond acceptors (Lipinski definition) is 4. The summed E-state index contributed by atoms with van der Waals surface area (Å²) < 4.78 is 1.89. The first-order valence-corrected chi connectivity index (χ1v) is 6.01. The maximum Gasteiger partial charge on any atom is 0.224 e. The lowest BCUT2D eigenvalue weighted by Crippen LogP contribution is -2.44. The van der Waals surface area contributed by atoms with E-state index in [9.17, 15) is 4.79 Å². The molecule has 0 spiro atoms. The zero-order chi connectivity index (χ0) is 12.4. The van der Waals surface area contributed by atoms with Crippen molar-refractivity contribution in [2.45, 2.75) is 39.3 Å². The quantitative estimate of drug-likeness (QED) is 0.750. The Balaban J connectivity index is 1.96. The van der Waals surface area contributed by atoms with E-state index in [1.165, 1.54) is 0 Å². The molecular weight excluding hydrogens is 218 g/mol. The predicted octanol–water partition coefficient (Wildman–Crippen LogP) is -0.388. The minimum atomic E-state index is -0.131. The first kappa shape index (κ1) is 12.0. The van der Waals surface area contributed by atoms with Gasteiger partial charge in [-0.15, -0.1) is 0 Å². The summed E-state index contributed by atoms with van der Waals surface area (Å²) in [7, 11) is 0. The second-order valence-corrected chi connectivity index (χ2v) is 4.64. The number of nitrogens with two attached hydrogens (primary N) is 1. The molecule has 3 N–H and O–H groups in total. The van der Waals surface area contributed by atoms with Gasteiger partial charge in [-0.05, 0) is 13.3 Å². The Labute approximate surface area is 101 Å². The van der Waals surface area contributed by atoms with Crippen molar-refractivity contribution in [3.05, 3.63) is 11.6 Å². The van der Waals surface area contributed by atoms with Crippen molar-refractivity contribution in [2.24, 2.45) is 11.7 Å². The van der Waals surface area contributed by atoms with Crippen molar-refractivity contribution in [1.29, 1.82) is 0 Å². The van der Waals surface area contributed by atoms with Crippen LogP contribution in [0.5, 0.6) is 0 Å². The van der Waals surface area contributed by atoms with Crippen LogP contribution in [-0.2, 0) is 17.8 Å². The predicted molar refractivity (Wildman–Crippen MR) is 63.2 cm³/mol. The minimum absolute atomic E-state index is 0.0257. The largest absolute Gasteiger partial charge is 0.351 e. The molecule has 1 aliphatic heterocycles. The topological polar surface area (TPSA) is 85.8 Å². The highest BCUT2D eigenvalue weighted by molar-refractivity contribution is 5.78. The third kappa shape index (κ3) is 2.63. The summed E-state index contributed by atoms with van der Waals surface area (Å²) in [4.78, 5) is 16.1. The molecule has 0 saturated carbocycles. The molecule has 0 aromatic carbocycles. The molecule has 2 atom stereocenters. The standard InChI is InChI=1S/C11H19N5O/c1-7(5-12)11(17)14-9-3-4-10-13-8(2)15-16(10)6-9/h7,9H,3-6,12H2,1-2H3,(H,14,17). The van der Waals surface area contributed by atoms with E-state index in [0.29, 0.717) is 13.1 Å². The molecular formula is C11H19N5O. The fraction of sp³-hybridized carbons (Fsp3) is 0.727. The highest BCUT2D eigenvalue weighted by Gasteiger charge is 2.23. The van der Waals surface area contributed by atoms with Gasteiger partial charge in [0.1, 0.15) is 11.6 Å². The van der Waals surface area contributed by atoms with E-state index in [4.69, 9.17) is 5.73 Å². The molecule has 94 valence electrons. The molecule has 0 radical (unpaired) electrons. The van der Waals surface area contributed by atoms with Crippen LogP contribution in [0.3, 0.4) is 0 Å². The van der Waals surface area contributed by atoms with Crippen molar-refractivity contribution in [2.75, 3.05) is 6.54 Å². The van der Waals surface area contributed by atoms with E-state index in [2.05, 4.69) is 15.4 Å². The molecule has 2 unspecified atom stereocenters. The Bertz CT molecular complexity index is 414. The third-order valence-electron chi connectivity index (χ3n) is 3.11. The average molecular weight is 237 g/mol. The zero-order valence-electron chi connectivity index (χ0n) is 10.3. The van der Waals surface area contributed by atoms with E-state index in [1.807, 2.05) is 18.5 Å². The lowest BCUT2D eigenvalue weighted by Gasteiger charge is -2.24. The Morgan fingerprint density at radius 2 is 2.47 bits per heavy atom. The van der Waals surface area contributed by atoms with E-state index in [0.717, 1.165) is 24.5 Å². The summed E-state index contributed by atoms with van der Waals surface area (Å²) in [6, 6.07) is 0.144. The van der Waals surface area contributed by atoms with E-state index < -0.39 is 0 Å². The van der Waals surface area contributed by atoms with Gasteiger partial charge in [-0.3, -0.25) is 4.79 Å². The van der Waals surface area contributed by atoms with Crippen LogP contribution in [-0.4, -0.2) is 33.3 Å². The Morgan fingerprint density at radius 3 is 3.18 bits per heavy atom. The smallest absolute Gasteiger partial charge is 0.224 e. The van der Waals surface area contributed by atoms with Crippen molar-refractivity contribution in [3.8, 4) is 0 Å². The van der Waals surface area contributed by atoms with Gasteiger partial charge in [-0.2, -0.15) is 5.10 Å². The lowest BCUT2D eigenvalue weighted by atomic mass is 10.1. The van der Waals surface area contributed by atoms with Crippen molar-refractivity contribution >= 4 is 5.91 Å². The van der Waals surface area contributed by atoms with Crippen molar-refractivity contribution in [3.63, 3.8) is 0 Å². The molecule has 1 aromatic rings. The van der Waals surface area contributed by atoms with Crippen LogP contribution in [0.1, 0.15) is 25.0 Å². The van der Waals surface area contributed by atoms with Crippen LogP contribution in [0.15, 0.2) is 0 Å². The first-order valence-electron chi connectivity index (χ1n) is 6.01. The number of rotatable bonds is 3. The fourth-order valence-electron chi connectivity index (χ4n) is 2.00. The molecule has 17 heavy (non-hydrogen) atoms. The Morgan fingerprint density at radius 1 is 1.71 bits per heavy atom. The van der Waals surface area contributed by atoms with Crippen molar-refractivity contribution < 1.29 is 4.79 Å². The van der Waals surface area contributed by atoms with Gasteiger partial charge in [-0.1, -0.05) is 6.92 Å². The van der Waals surface area contributed by atoms with Crippen LogP contribution in [0, 0.1) is 12.8 Å². The van der Waals surface area contributed by atoms with Crippen LogP contribution in [0.4, 0.5) is 0 Å².